The zero-order valence-electron chi connectivity index (χ0n) is 13.0. The Labute approximate surface area is 138 Å². The zero-order valence-corrected chi connectivity index (χ0v) is 13.8. The summed E-state index contributed by atoms with van der Waals surface area (Å²) in [4.78, 5) is 2.63. The van der Waals surface area contributed by atoms with Crippen LogP contribution in [0, 0.1) is 11.6 Å². The van der Waals surface area contributed by atoms with Crippen molar-refractivity contribution in [3.05, 3.63) is 65.9 Å². The van der Waals surface area contributed by atoms with E-state index in [9.17, 15) is 17.2 Å². The number of benzene rings is 2. The Morgan fingerprint density at radius 1 is 1.17 bits per heavy atom. The number of hydrogen-bond acceptors (Lipinski definition) is 2. The number of fused-ring (bicyclic) bond motifs is 1. The Bertz CT molecular complexity index is 983. The molecule has 4 nitrogen and oxygen atoms in total. The summed E-state index contributed by atoms with van der Waals surface area (Å²) in [6, 6.07) is 9.87. The second-order valence-electron chi connectivity index (χ2n) is 5.80. The second-order valence-corrected chi connectivity index (χ2v) is 7.60. The summed E-state index contributed by atoms with van der Waals surface area (Å²) in [5, 5.41) is 1.03. The normalized spacial score (nSPS) is 13.3. The maximum Gasteiger partial charge on any atom is 0.327 e. The van der Waals surface area contributed by atoms with E-state index < -0.39 is 26.6 Å². The lowest BCUT2D eigenvalue weighted by atomic mass is 10.1. The highest BCUT2D eigenvalue weighted by molar-refractivity contribution is 7.84. The molecule has 0 saturated heterocycles. The lowest BCUT2D eigenvalue weighted by Crippen LogP contribution is -2.92. The number of nitrogens with one attached hydrogen (secondary N) is 1. The molecule has 3 N–H and O–H groups in total. The topological polar surface area (TPSA) is 66.5 Å². The van der Waals surface area contributed by atoms with Gasteiger partial charge in [-0.3, -0.25) is 0 Å². The number of halogens is 2. The summed E-state index contributed by atoms with van der Waals surface area (Å²) in [6.45, 7) is 1.75. The molecule has 126 valence electrons. The molecule has 0 aliphatic carbocycles. The molecule has 0 amide bonds. The first-order chi connectivity index (χ1) is 11.4. The Morgan fingerprint density at radius 2 is 1.92 bits per heavy atom. The Hall–Kier alpha value is -2.25. The molecule has 3 aromatic rings. The van der Waals surface area contributed by atoms with Gasteiger partial charge in [0.25, 0.3) is 0 Å². The van der Waals surface area contributed by atoms with Crippen molar-refractivity contribution in [2.45, 2.75) is 24.3 Å². The molecule has 0 aliphatic rings. The largest absolute Gasteiger partial charge is 0.361 e. The van der Waals surface area contributed by atoms with Crippen molar-refractivity contribution in [3.63, 3.8) is 0 Å². The van der Waals surface area contributed by atoms with Crippen molar-refractivity contribution in [2.24, 2.45) is 0 Å². The number of aromatic amines is 1. The van der Waals surface area contributed by atoms with Crippen molar-refractivity contribution >= 4 is 20.9 Å². The minimum absolute atomic E-state index is 0.335. The number of H-pyrrole nitrogens is 1. The van der Waals surface area contributed by atoms with Gasteiger partial charge in [-0.1, -0.05) is 18.2 Å². The number of quaternary nitrogens is 1. The van der Waals surface area contributed by atoms with Gasteiger partial charge in [0.1, 0.15) is 17.7 Å². The number of rotatable bonds is 5. The van der Waals surface area contributed by atoms with Crippen LogP contribution in [0.2, 0.25) is 0 Å². The van der Waals surface area contributed by atoms with E-state index in [1.54, 1.807) is 6.92 Å². The predicted octanol–water partition coefficient (Wildman–Crippen LogP) is 2.33. The summed E-state index contributed by atoms with van der Waals surface area (Å²) in [6.07, 6.45) is 2.34. The Morgan fingerprint density at radius 3 is 2.67 bits per heavy atom. The van der Waals surface area contributed by atoms with E-state index in [2.05, 4.69) is 4.98 Å². The highest BCUT2D eigenvalue weighted by Crippen LogP contribution is 2.19. The van der Waals surface area contributed by atoms with Crippen LogP contribution in [0.3, 0.4) is 0 Å². The van der Waals surface area contributed by atoms with Gasteiger partial charge < -0.3 is 4.98 Å². The molecule has 24 heavy (non-hydrogen) atoms. The predicted molar refractivity (Wildman–Crippen MR) is 86.9 cm³/mol. The molecule has 2 aromatic carbocycles. The molecule has 0 radical (unpaired) electrons. The van der Waals surface area contributed by atoms with Gasteiger partial charge >= 0.3 is 10.0 Å². The van der Waals surface area contributed by atoms with Crippen LogP contribution in [0.5, 0.6) is 0 Å². The van der Waals surface area contributed by atoms with Crippen LogP contribution in [0.15, 0.2) is 53.6 Å². The van der Waals surface area contributed by atoms with Crippen molar-refractivity contribution in [2.75, 3.05) is 0 Å². The number of nitrogens with two attached hydrogens (primary N) is 1. The third-order valence-electron chi connectivity index (χ3n) is 3.83. The first-order valence-corrected chi connectivity index (χ1v) is 9.01. The quantitative estimate of drug-likeness (QED) is 0.741. The molecular weight excluding hydrogens is 334 g/mol. The number of aromatic nitrogens is 1. The summed E-state index contributed by atoms with van der Waals surface area (Å²) in [5.41, 5.74) is 1.97. The van der Waals surface area contributed by atoms with Gasteiger partial charge in [0, 0.05) is 29.6 Å². The van der Waals surface area contributed by atoms with E-state index in [0.717, 1.165) is 33.3 Å². The average Bonchev–Trinajstić information content (AvgIpc) is 2.89. The van der Waals surface area contributed by atoms with Gasteiger partial charge in [-0.15, -0.1) is 0 Å². The standard InChI is InChI=1S/C17H16F2N2O2S/c1-11(8-12-10-20-16-5-3-2-4-14(12)16)21-24(22,23)17-7-6-13(18)9-15(17)19/h2-7,9-11,20-21H,8H2,1H3/p+1. The van der Waals surface area contributed by atoms with Crippen LogP contribution < -0.4 is 4.72 Å². The van der Waals surface area contributed by atoms with Crippen LogP contribution in [-0.4, -0.2) is 19.4 Å². The average molecular weight is 351 g/mol. The third-order valence-corrected chi connectivity index (χ3v) is 5.60. The van der Waals surface area contributed by atoms with Gasteiger partial charge in [0.05, 0.1) is 0 Å². The van der Waals surface area contributed by atoms with Gasteiger partial charge in [0.2, 0.25) is 0 Å². The van der Waals surface area contributed by atoms with Gasteiger partial charge in [-0.2, -0.15) is 8.42 Å². The van der Waals surface area contributed by atoms with E-state index in [4.69, 9.17) is 0 Å². The fourth-order valence-electron chi connectivity index (χ4n) is 2.78. The van der Waals surface area contributed by atoms with E-state index in [1.165, 1.54) is 0 Å². The maximum atomic E-state index is 13.7. The van der Waals surface area contributed by atoms with Gasteiger partial charge in [-0.25, -0.2) is 13.5 Å². The number of para-hydroxylation sites is 1. The fourth-order valence-corrected chi connectivity index (χ4v) is 4.22. The summed E-state index contributed by atoms with van der Waals surface area (Å²) in [5.74, 6) is -1.89. The summed E-state index contributed by atoms with van der Waals surface area (Å²) < 4.78 is 52.5. The Balaban J connectivity index is 1.79. The van der Waals surface area contributed by atoms with Crippen molar-refractivity contribution in [3.8, 4) is 0 Å². The van der Waals surface area contributed by atoms with E-state index in [1.807, 2.05) is 30.5 Å². The van der Waals surface area contributed by atoms with E-state index in [0.29, 0.717) is 12.5 Å². The zero-order chi connectivity index (χ0) is 17.3. The van der Waals surface area contributed by atoms with Crippen LogP contribution in [0.1, 0.15) is 12.5 Å². The highest BCUT2D eigenvalue weighted by Gasteiger charge is 2.26. The molecule has 0 spiro atoms. The number of primary sulfonamides is 1. The fraction of sp³-hybridized carbons (Fsp3) is 0.176. The Kier molecular flexibility index (Phi) is 4.38. The molecule has 0 fully saturated rings. The number of hydrogen-bond donors (Lipinski definition) is 2. The van der Waals surface area contributed by atoms with Crippen molar-refractivity contribution < 1.29 is 21.9 Å². The maximum absolute atomic E-state index is 13.7. The van der Waals surface area contributed by atoms with Crippen molar-refractivity contribution in [1.29, 1.82) is 0 Å². The minimum atomic E-state index is -3.94. The monoisotopic (exact) mass is 351 g/mol. The molecular formula is C17H17F2N2O2S+. The van der Waals surface area contributed by atoms with Crippen LogP contribution in [-0.2, 0) is 16.4 Å². The molecule has 1 aromatic heterocycles. The lowest BCUT2D eigenvalue weighted by molar-refractivity contribution is -0.535. The second kappa shape index (κ2) is 6.33. The molecule has 1 unspecified atom stereocenters. The minimum Gasteiger partial charge on any atom is -0.361 e. The van der Waals surface area contributed by atoms with Crippen LogP contribution in [0.4, 0.5) is 8.78 Å². The molecule has 0 saturated carbocycles. The van der Waals surface area contributed by atoms with E-state index >= 15 is 0 Å². The van der Waals surface area contributed by atoms with Gasteiger partial charge in [-0.05, 0) is 30.7 Å². The lowest BCUT2D eigenvalue weighted by Gasteiger charge is -2.11. The van der Waals surface area contributed by atoms with Gasteiger partial charge in [0.15, 0.2) is 4.90 Å². The molecule has 0 bridgehead atoms. The highest BCUT2D eigenvalue weighted by atomic mass is 32.2. The molecule has 1 heterocycles. The van der Waals surface area contributed by atoms with Crippen molar-refractivity contribution in [1.82, 2.24) is 4.98 Å². The molecule has 7 heteroatoms. The van der Waals surface area contributed by atoms with E-state index in [-0.39, 0.29) is 6.04 Å². The van der Waals surface area contributed by atoms with Crippen LogP contribution in [0.25, 0.3) is 10.9 Å². The smallest absolute Gasteiger partial charge is 0.327 e. The number of sulfonamides is 1. The summed E-state index contributed by atoms with van der Waals surface area (Å²) >= 11 is 0. The SMILES string of the molecule is CC(Cc1c[nH]c2ccccc12)[NH2+]S(=O)(=O)c1ccc(F)cc1F. The molecule has 0 aliphatic heterocycles. The molecule has 1 atom stereocenters. The van der Waals surface area contributed by atoms with Crippen LogP contribution >= 0.6 is 0 Å². The molecule has 3 rings (SSSR count). The first-order valence-electron chi connectivity index (χ1n) is 7.47. The summed E-state index contributed by atoms with van der Waals surface area (Å²) in [7, 11) is -3.94. The first kappa shape index (κ1) is 16.6. The third kappa shape index (κ3) is 3.32.